The smallest absolute Gasteiger partial charge is 0.410 e. The van der Waals surface area contributed by atoms with E-state index in [4.69, 9.17) is 41.5 Å². The number of amides is 2. The first-order chi connectivity index (χ1) is 24.1. The van der Waals surface area contributed by atoms with Crippen molar-refractivity contribution in [2.75, 3.05) is 55.7 Å². The highest BCUT2D eigenvalue weighted by atomic mass is 79.9. The van der Waals surface area contributed by atoms with Gasteiger partial charge in [0, 0.05) is 56.4 Å². The molecular formula is C34H41Br2Cl2FN6O6. The highest BCUT2D eigenvalue weighted by Crippen LogP contribution is 2.36. The molecule has 2 fully saturated rings. The SMILES string of the molecule is CC1CN(C(=O)OC(C)(C)C)CCN1c1nc2cc(Cl)cc(Br)c2o1.CCCCOC(=O)N1CCN(c2nc3cc(Cl)c(F)c(Br)c3o2)C(C)C1. The molecule has 0 spiro atoms. The molecule has 0 bridgehead atoms. The minimum atomic E-state index is -0.574. The minimum absolute atomic E-state index is 0.0167. The third-order valence-electron chi connectivity index (χ3n) is 8.29. The van der Waals surface area contributed by atoms with E-state index in [0.29, 0.717) is 85.1 Å². The molecule has 12 nitrogen and oxygen atoms in total. The number of carbonyl (C=O) groups is 2. The van der Waals surface area contributed by atoms with Crippen molar-refractivity contribution in [2.45, 2.75) is 72.1 Å². The van der Waals surface area contributed by atoms with Gasteiger partial charge in [0.05, 0.1) is 20.6 Å². The Morgan fingerprint density at radius 2 is 1.45 bits per heavy atom. The lowest BCUT2D eigenvalue weighted by atomic mass is 10.2. The van der Waals surface area contributed by atoms with Gasteiger partial charge in [-0.15, -0.1) is 0 Å². The Hall–Kier alpha value is -3.01. The van der Waals surface area contributed by atoms with Gasteiger partial charge in [0.2, 0.25) is 0 Å². The first kappa shape index (κ1) is 39.2. The summed E-state index contributed by atoms with van der Waals surface area (Å²) in [5.74, 6) is -0.574. The molecule has 2 aromatic heterocycles. The fraction of sp³-hybridized carbons (Fsp3) is 0.529. The van der Waals surface area contributed by atoms with Gasteiger partial charge in [-0.05, 0) is 91.1 Å². The molecule has 2 atom stereocenters. The summed E-state index contributed by atoms with van der Waals surface area (Å²) in [6.07, 6.45) is 1.26. The third-order valence-corrected chi connectivity index (χ3v) is 10.1. The lowest BCUT2D eigenvalue weighted by Crippen LogP contribution is -2.54. The second kappa shape index (κ2) is 16.3. The maximum Gasteiger partial charge on any atom is 0.410 e. The largest absolute Gasteiger partial charge is 0.449 e. The Morgan fingerprint density at radius 3 is 2.00 bits per heavy atom. The number of benzene rings is 2. The number of piperazine rings is 2. The van der Waals surface area contributed by atoms with Crippen LogP contribution >= 0.6 is 55.1 Å². The molecule has 2 amide bonds. The van der Waals surface area contributed by atoms with E-state index in [1.165, 1.54) is 6.07 Å². The first-order valence-electron chi connectivity index (χ1n) is 16.7. The second-order valence-corrected chi connectivity index (χ2v) is 16.0. The summed E-state index contributed by atoms with van der Waals surface area (Å²) < 4.78 is 37.2. The van der Waals surface area contributed by atoms with Gasteiger partial charge < -0.3 is 37.9 Å². The molecule has 0 radical (unpaired) electrons. The van der Waals surface area contributed by atoms with Crippen LogP contribution in [-0.4, -0.2) is 95.5 Å². The molecule has 51 heavy (non-hydrogen) atoms. The van der Waals surface area contributed by atoms with Crippen LogP contribution in [0.25, 0.3) is 22.2 Å². The lowest BCUT2D eigenvalue weighted by molar-refractivity contribution is 0.0216. The summed E-state index contributed by atoms with van der Waals surface area (Å²) >= 11 is 18.5. The molecular weight excluding hydrogens is 838 g/mol. The highest BCUT2D eigenvalue weighted by molar-refractivity contribution is 9.11. The number of rotatable bonds is 5. The first-order valence-corrected chi connectivity index (χ1v) is 19.0. The molecule has 4 aromatic rings. The van der Waals surface area contributed by atoms with Gasteiger partial charge in [-0.25, -0.2) is 14.0 Å². The maximum absolute atomic E-state index is 13.9. The van der Waals surface area contributed by atoms with E-state index in [0.717, 1.165) is 17.3 Å². The van der Waals surface area contributed by atoms with E-state index in [2.05, 4.69) is 46.7 Å². The van der Waals surface area contributed by atoms with Crippen molar-refractivity contribution in [3.05, 3.63) is 43.0 Å². The van der Waals surface area contributed by atoms with Gasteiger partial charge in [0.15, 0.2) is 17.0 Å². The number of aromatic nitrogens is 2. The van der Waals surface area contributed by atoms with E-state index in [1.807, 2.05) is 46.4 Å². The van der Waals surface area contributed by atoms with Crippen molar-refractivity contribution in [2.24, 2.45) is 0 Å². The van der Waals surface area contributed by atoms with Gasteiger partial charge in [-0.3, -0.25) is 0 Å². The minimum Gasteiger partial charge on any atom is -0.449 e. The van der Waals surface area contributed by atoms with Gasteiger partial charge in [0.25, 0.3) is 12.0 Å². The number of carbonyl (C=O) groups excluding carboxylic acids is 2. The normalized spacial score (nSPS) is 18.3. The number of oxazole rings is 2. The van der Waals surface area contributed by atoms with Crippen molar-refractivity contribution in [3.63, 3.8) is 0 Å². The Kier molecular flexibility index (Phi) is 12.6. The Balaban J connectivity index is 0.000000198. The van der Waals surface area contributed by atoms with Crippen LogP contribution in [0.2, 0.25) is 10.0 Å². The zero-order valence-electron chi connectivity index (χ0n) is 29.3. The van der Waals surface area contributed by atoms with E-state index < -0.39 is 11.4 Å². The van der Waals surface area contributed by atoms with E-state index in [9.17, 15) is 14.0 Å². The number of anilines is 2. The number of halogens is 5. The maximum atomic E-state index is 13.9. The van der Waals surface area contributed by atoms with Crippen LogP contribution in [0.5, 0.6) is 0 Å². The number of unbranched alkanes of at least 4 members (excludes halogenated alkanes) is 1. The molecule has 278 valence electrons. The average Bonchev–Trinajstić information content (AvgIpc) is 3.68. The summed E-state index contributed by atoms with van der Waals surface area (Å²) in [6, 6.07) is 5.95. The van der Waals surface area contributed by atoms with Gasteiger partial charge in [-0.2, -0.15) is 9.97 Å². The van der Waals surface area contributed by atoms with Crippen LogP contribution in [0.4, 0.5) is 26.0 Å². The van der Waals surface area contributed by atoms with Crippen LogP contribution in [-0.2, 0) is 9.47 Å². The Bertz CT molecular complexity index is 1890. The van der Waals surface area contributed by atoms with Crippen LogP contribution in [0.15, 0.2) is 36.0 Å². The molecule has 17 heteroatoms. The molecule has 4 heterocycles. The van der Waals surface area contributed by atoms with Crippen molar-refractivity contribution >= 4 is 101 Å². The molecule has 0 saturated carbocycles. The summed E-state index contributed by atoms with van der Waals surface area (Å²) in [4.78, 5) is 40.7. The summed E-state index contributed by atoms with van der Waals surface area (Å²) in [7, 11) is 0. The van der Waals surface area contributed by atoms with Crippen LogP contribution in [0.1, 0.15) is 54.4 Å². The molecule has 2 aliphatic heterocycles. The van der Waals surface area contributed by atoms with Crippen molar-refractivity contribution in [3.8, 4) is 0 Å². The summed E-state index contributed by atoms with van der Waals surface area (Å²) in [5, 5.41) is 0.582. The Morgan fingerprint density at radius 1 is 0.902 bits per heavy atom. The predicted octanol–water partition coefficient (Wildman–Crippen LogP) is 9.52. The zero-order valence-corrected chi connectivity index (χ0v) is 34.0. The monoisotopic (exact) mass is 876 g/mol. The Labute approximate surface area is 322 Å². The number of nitrogens with zero attached hydrogens (tertiary/aromatic N) is 6. The van der Waals surface area contributed by atoms with Crippen molar-refractivity contribution in [1.82, 2.24) is 19.8 Å². The van der Waals surface area contributed by atoms with E-state index in [1.54, 1.807) is 21.9 Å². The van der Waals surface area contributed by atoms with Crippen LogP contribution < -0.4 is 9.80 Å². The predicted molar refractivity (Wildman–Crippen MR) is 203 cm³/mol. The summed E-state index contributed by atoms with van der Waals surface area (Å²) in [6.45, 7) is 15.4. The third kappa shape index (κ3) is 9.33. The van der Waals surface area contributed by atoms with Crippen LogP contribution in [0, 0.1) is 5.82 Å². The number of ether oxygens (including phenoxy) is 2. The van der Waals surface area contributed by atoms with Gasteiger partial charge >= 0.3 is 12.2 Å². The molecule has 0 N–H and O–H groups in total. The van der Waals surface area contributed by atoms with E-state index in [-0.39, 0.29) is 33.8 Å². The molecule has 0 aliphatic carbocycles. The standard InChI is InChI=1S/C17H20BrClFN3O3.C17H21BrClN3O3/c1-3-4-7-25-17(24)22-5-6-23(10(2)9-22)16-21-12-8-11(19)14(20)13(18)15(12)26-16;1-10-9-21(16(23)25-17(2,3)4)5-6-22(10)15-20-13-8-11(19)7-12(18)14(13)24-15/h8,10H,3-7,9H2,1-2H3;7-8,10H,5-6,9H2,1-4H3. The molecule has 2 unspecified atom stereocenters. The fourth-order valence-electron chi connectivity index (χ4n) is 5.69. The van der Waals surface area contributed by atoms with E-state index >= 15 is 0 Å². The quantitative estimate of drug-likeness (QED) is 0.142. The lowest BCUT2D eigenvalue weighted by Gasteiger charge is -2.39. The number of hydrogen-bond acceptors (Lipinski definition) is 10. The molecule has 2 aliphatic rings. The topological polar surface area (TPSA) is 118 Å². The summed E-state index contributed by atoms with van der Waals surface area (Å²) in [5.41, 5.74) is 1.67. The van der Waals surface area contributed by atoms with Crippen LogP contribution in [0.3, 0.4) is 0 Å². The highest BCUT2D eigenvalue weighted by Gasteiger charge is 2.33. The van der Waals surface area contributed by atoms with Crippen molar-refractivity contribution in [1.29, 1.82) is 0 Å². The zero-order chi connectivity index (χ0) is 37.2. The fourth-order valence-corrected chi connectivity index (χ4v) is 7.38. The number of fused-ring (bicyclic) bond motifs is 2. The molecule has 2 aromatic carbocycles. The molecule has 2 saturated heterocycles. The van der Waals surface area contributed by atoms with Gasteiger partial charge in [0.1, 0.15) is 16.6 Å². The van der Waals surface area contributed by atoms with Gasteiger partial charge in [-0.1, -0.05) is 36.5 Å². The van der Waals surface area contributed by atoms with Crippen molar-refractivity contribution < 1.29 is 32.3 Å². The second-order valence-electron chi connectivity index (χ2n) is 13.5. The number of hydrogen-bond donors (Lipinski definition) is 0. The average molecular weight is 879 g/mol. The molecule has 6 rings (SSSR count).